The molecule has 1 aliphatic rings. The van der Waals surface area contributed by atoms with E-state index >= 15 is 0 Å². The Balaban J connectivity index is 1.69. The molecule has 4 rings (SSSR count). The first-order chi connectivity index (χ1) is 12.1. The van der Waals surface area contributed by atoms with Crippen LogP contribution in [-0.4, -0.2) is 16.0 Å². The zero-order valence-electron chi connectivity index (χ0n) is 13.8. The Kier molecular flexibility index (Phi) is 4.17. The maximum Gasteiger partial charge on any atom is 0.229 e. The minimum atomic E-state index is -0.452. The van der Waals surface area contributed by atoms with Crippen molar-refractivity contribution in [1.29, 1.82) is 0 Å². The Labute approximate surface area is 150 Å². The van der Waals surface area contributed by atoms with E-state index in [4.69, 9.17) is 11.6 Å². The maximum absolute atomic E-state index is 13.3. The fourth-order valence-electron chi connectivity index (χ4n) is 2.88. The highest BCUT2D eigenvalue weighted by Gasteiger charge is 2.28. The topological polar surface area (TPSA) is 49.8 Å². The van der Waals surface area contributed by atoms with Crippen molar-refractivity contribution in [2.75, 3.05) is 10.6 Å². The lowest BCUT2D eigenvalue weighted by Gasteiger charge is -2.16. The standard InChI is InChI=1S/C19H18ClFN4/c1-11(12-6-7-12)22-18-14-4-2-3-5-17(14)24-19(25-18)23-13-8-9-16(21)15(20)10-13/h2-5,8-12H,6-7H2,1H3,(H2,22,23,24,25). The lowest BCUT2D eigenvalue weighted by molar-refractivity contribution is 0.628. The van der Waals surface area contributed by atoms with Crippen molar-refractivity contribution in [2.45, 2.75) is 25.8 Å². The first-order valence-corrected chi connectivity index (χ1v) is 8.73. The first kappa shape index (κ1) is 16.1. The van der Waals surface area contributed by atoms with Crippen LogP contribution >= 0.6 is 11.6 Å². The van der Waals surface area contributed by atoms with Crippen molar-refractivity contribution in [3.63, 3.8) is 0 Å². The molecule has 2 N–H and O–H groups in total. The molecule has 0 radical (unpaired) electrons. The largest absolute Gasteiger partial charge is 0.367 e. The van der Waals surface area contributed by atoms with Crippen LogP contribution in [0, 0.1) is 11.7 Å². The highest BCUT2D eigenvalue weighted by Crippen LogP contribution is 2.35. The van der Waals surface area contributed by atoms with E-state index in [0.29, 0.717) is 23.6 Å². The summed E-state index contributed by atoms with van der Waals surface area (Å²) in [5.41, 5.74) is 1.49. The third-order valence-corrected chi connectivity index (χ3v) is 4.76. The fraction of sp³-hybridized carbons (Fsp3) is 0.263. The molecule has 0 aliphatic heterocycles. The van der Waals surface area contributed by atoms with Crippen LogP contribution in [0.4, 0.5) is 21.8 Å². The van der Waals surface area contributed by atoms with Crippen molar-refractivity contribution in [3.8, 4) is 0 Å². The van der Waals surface area contributed by atoms with Gasteiger partial charge < -0.3 is 10.6 Å². The Morgan fingerprint density at radius 3 is 2.72 bits per heavy atom. The number of hydrogen-bond acceptors (Lipinski definition) is 4. The van der Waals surface area contributed by atoms with Gasteiger partial charge in [-0.2, -0.15) is 4.98 Å². The Morgan fingerprint density at radius 2 is 1.96 bits per heavy atom. The number of hydrogen-bond donors (Lipinski definition) is 2. The van der Waals surface area contributed by atoms with Crippen molar-refractivity contribution in [3.05, 3.63) is 53.3 Å². The van der Waals surface area contributed by atoms with E-state index in [2.05, 4.69) is 27.5 Å². The van der Waals surface area contributed by atoms with E-state index in [1.165, 1.54) is 25.0 Å². The van der Waals surface area contributed by atoms with Gasteiger partial charge in [0.2, 0.25) is 5.95 Å². The fourth-order valence-corrected chi connectivity index (χ4v) is 3.06. The van der Waals surface area contributed by atoms with E-state index in [0.717, 1.165) is 16.7 Å². The molecule has 4 nitrogen and oxygen atoms in total. The lowest BCUT2D eigenvalue weighted by Crippen LogP contribution is -2.19. The Morgan fingerprint density at radius 1 is 1.16 bits per heavy atom. The molecule has 1 aliphatic carbocycles. The molecule has 6 heteroatoms. The summed E-state index contributed by atoms with van der Waals surface area (Å²) in [4.78, 5) is 9.18. The molecule has 2 aromatic carbocycles. The Bertz CT molecular complexity index is 926. The van der Waals surface area contributed by atoms with Gasteiger partial charge in [0.25, 0.3) is 0 Å². The quantitative estimate of drug-likeness (QED) is 0.644. The number of fused-ring (bicyclic) bond motifs is 1. The van der Waals surface area contributed by atoms with Gasteiger partial charge in [-0.25, -0.2) is 9.37 Å². The second kappa shape index (κ2) is 6.48. The molecule has 1 heterocycles. The van der Waals surface area contributed by atoms with Crippen LogP contribution in [0.1, 0.15) is 19.8 Å². The van der Waals surface area contributed by atoms with Gasteiger partial charge in [0, 0.05) is 17.1 Å². The molecule has 1 aromatic heterocycles. The van der Waals surface area contributed by atoms with Crippen molar-refractivity contribution in [2.24, 2.45) is 5.92 Å². The van der Waals surface area contributed by atoms with Crippen molar-refractivity contribution >= 4 is 40.0 Å². The van der Waals surface area contributed by atoms with Crippen LogP contribution in [0.5, 0.6) is 0 Å². The number of para-hydroxylation sites is 1. The van der Waals surface area contributed by atoms with Gasteiger partial charge in [0.15, 0.2) is 0 Å². The number of benzene rings is 2. The molecule has 0 spiro atoms. The second-order valence-corrected chi connectivity index (χ2v) is 6.84. The van der Waals surface area contributed by atoms with E-state index in [1.54, 1.807) is 6.07 Å². The van der Waals surface area contributed by atoms with Gasteiger partial charge in [0.1, 0.15) is 11.6 Å². The zero-order valence-corrected chi connectivity index (χ0v) is 14.5. The van der Waals surface area contributed by atoms with Crippen LogP contribution in [0.25, 0.3) is 10.9 Å². The molecule has 1 unspecified atom stereocenters. The highest BCUT2D eigenvalue weighted by atomic mass is 35.5. The van der Waals surface area contributed by atoms with Crippen LogP contribution in [0.15, 0.2) is 42.5 Å². The highest BCUT2D eigenvalue weighted by molar-refractivity contribution is 6.31. The van der Waals surface area contributed by atoms with Crippen molar-refractivity contribution < 1.29 is 4.39 Å². The molecule has 1 fully saturated rings. The third-order valence-electron chi connectivity index (χ3n) is 4.47. The normalized spacial score (nSPS) is 15.2. The summed E-state index contributed by atoms with van der Waals surface area (Å²) < 4.78 is 13.3. The minimum absolute atomic E-state index is 0.0616. The van der Waals surface area contributed by atoms with Crippen LogP contribution in [0.3, 0.4) is 0 Å². The van der Waals surface area contributed by atoms with Gasteiger partial charge >= 0.3 is 0 Å². The van der Waals surface area contributed by atoms with Crippen LogP contribution < -0.4 is 10.6 Å². The molecule has 0 bridgehead atoms. The maximum atomic E-state index is 13.3. The predicted octanol–water partition coefficient (Wildman–Crippen LogP) is 5.38. The summed E-state index contributed by atoms with van der Waals surface area (Å²) in [5.74, 6) is 1.51. The number of rotatable bonds is 5. The molecular weight excluding hydrogens is 339 g/mol. The van der Waals surface area contributed by atoms with E-state index < -0.39 is 5.82 Å². The lowest BCUT2D eigenvalue weighted by atomic mass is 10.2. The molecule has 1 atom stereocenters. The molecule has 3 aromatic rings. The summed E-state index contributed by atoms with van der Waals surface area (Å²) >= 11 is 5.85. The average Bonchev–Trinajstić information content (AvgIpc) is 3.43. The van der Waals surface area contributed by atoms with E-state index in [9.17, 15) is 4.39 Å². The first-order valence-electron chi connectivity index (χ1n) is 8.35. The number of nitrogens with one attached hydrogen (secondary N) is 2. The average molecular weight is 357 g/mol. The second-order valence-electron chi connectivity index (χ2n) is 6.44. The smallest absolute Gasteiger partial charge is 0.229 e. The minimum Gasteiger partial charge on any atom is -0.367 e. The number of nitrogens with zero attached hydrogens (tertiary/aromatic N) is 2. The molecule has 0 amide bonds. The molecular formula is C19H18ClFN4. The van der Waals surface area contributed by atoms with Crippen LogP contribution in [0.2, 0.25) is 5.02 Å². The predicted molar refractivity (Wildman–Crippen MR) is 100 cm³/mol. The summed E-state index contributed by atoms with van der Waals surface area (Å²) in [6, 6.07) is 12.7. The van der Waals surface area contributed by atoms with Gasteiger partial charge in [-0.15, -0.1) is 0 Å². The van der Waals surface area contributed by atoms with Gasteiger partial charge in [-0.1, -0.05) is 23.7 Å². The SMILES string of the molecule is CC(Nc1nc(Nc2ccc(F)c(Cl)c2)nc2ccccc12)C1CC1. The molecule has 128 valence electrons. The van der Waals surface area contributed by atoms with E-state index in [-0.39, 0.29) is 5.02 Å². The van der Waals surface area contributed by atoms with E-state index in [1.807, 2.05) is 24.3 Å². The van der Waals surface area contributed by atoms with Gasteiger partial charge in [0.05, 0.1) is 10.5 Å². The third kappa shape index (κ3) is 3.51. The summed E-state index contributed by atoms with van der Waals surface area (Å²) in [6.07, 6.45) is 2.52. The molecule has 1 saturated carbocycles. The number of anilines is 3. The number of halogens is 2. The summed E-state index contributed by atoms with van der Waals surface area (Å²) in [6.45, 7) is 2.18. The number of aromatic nitrogens is 2. The van der Waals surface area contributed by atoms with Gasteiger partial charge in [-0.3, -0.25) is 0 Å². The molecule has 0 saturated heterocycles. The molecule has 25 heavy (non-hydrogen) atoms. The summed E-state index contributed by atoms with van der Waals surface area (Å²) in [5, 5.41) is 7.67. The zero-order chi connectivity index (χ0) is 17.4. The van der Waals surface area contributed by atoms with Gasteiger partial charge in [-0.05, 0) is 56.0 Å². The Hall–Kier alpha value is -2.40. The summed E-state index contributed by atoms with van der Waals surface area (Å²) in [7, 11) is 0. The van der Waals surface area contributed by atoms with Crippen LogP contribution in [-0.2, 0) is 0 Å². The monoisotopic (exact) mass is 356 g/mol. The van der Waals surface area contributed by atoms with Crippen molar-refractivity contribution in [1.82, 2.24) is 9.97 Å².